The number of carbonyl (C=O) groups is 2. The molecule has 77 heavy (non-hydrogen) atoms. The molecule has 10 heteroatoms. The molecule has 0 saturated carbocycles. The molecule has 0 aromatic carbocycles. The van der Waals surface area contributed by atoms with E-state index in [9.17, 15) is 19.0 Å². The topological polar surface area (TPSA) is 111 Å². The Morgan fingerprint density at radius 3 is 1.27 bits per heavy atom. The van der Waals surface area contributed by atoms with Crippen LogP contribution in [0.2, 0.25) is 0 Å². The number of unbranched alkanes of at least 4 members (excludes halogenated alkanes) is 26. The highest BCUT2D eigenvalue weighted by Crippen LogP contribution is 2.43. The summed E-state index contributed by atoms with van der Waals surface area (Å²) >= 11 is 0. The van der Waals surface area contributed by atoms with Gasteiger partial charge in [-0.3, -0.25) is 18.6 Å². The molecule has 0 aliphatic heterocycles. The molecular formula is C67H120N2O7P+. The molecule has 0 bridgehead atoms. The van der Waals surface area contributed by atoms with E-state index < -0.39 is 20.0 Å². The van der Waals surface area contributed by atoms with Crippen molar-refractivity contribution in [3.8, 4) is 0 Å². The number of ether oxygens (including phenoxy) is 1. The Morgan fingerprint density at radius 2 is 0.831 bits per heavy atom. The van der Waals surface area contributed by atoms with Crippen LogP contribution in [0, 0.1) is 0 Å². The molecule has 0 rings (SSSR count). The highest BCUT2D eigenvalue weighted by Gasteiger charge is 2.30. The molecule has 0 aliphatic carbocycles. The molecular weight excluding hydrogens is 976 g/mol. The van der Waals surface area contributed by atoms with E-state index >= 15 is 0 Å². The second-order valence-electron chi connectivity index (χ2n) is 22.2. The molecule has 0 aromatic rings. The van der Waals surface area contributed by atoms with Crippen LogP contribution in [0.3, 0.4) is 0 Å². The van der Waals surface area contributed by atoms with Gasteiger partial charge in [0.1, 0.15) is 19.3 Å². The largest absolute Gasteiger partial charge is 0.472 e. The van der Waals surface area contributed by atoms with Crippen LogP contribution in [0.25, 0.3) is 0 Å². The van der Waals surface area contributed by atoms with Gasteiger partial charge in [-0.1, -0.05) is 240 Å². The quantitative estimate of drug-likeness (QED) is 0.0205. The summed E-state index contributed by atoms with van der Waals surface area (Å²) in [6, 6.07) is -0.867. The Hall–Kier alpha value is -3.07. The van der Waals surface area contributed by atoms with Gasteiger partial charge in [0.15, 0.2) is 0 Å². The minimum Gasteiger partial charge on any atom is -0.456 e. The first kappa shape index (κ1) is 73.9. The van der Waals surface area contributed by atoms with Gasteiger partial charge in [0, 0.05) is 12.8 Å². The van der Waals surface area contributed by atoms with Gasteiger partial charge in [-0.25, -0.2) is 4.57 Å². The molecule has 0 fully saturated rings. The van der Waals surface area contributed by atoms with Crippen molar-refractivity contribution in [2.24, 2.45) is 0 Å². The Morgan fingerprint density at radius 1 is 0.468 bits per heavy atom. The summed E-state index contributed by atoms with van der Waals surface area (Å²) < 4.78 is 30.7. The number of carbonyl (C=O) groups excluding carboxylic acids is 2. The van der Waals surface area contributed by atoms with E-state index in [4.69, 9.17) is 13.8 Å². The van der Waals surface area contributed by atoms with E-state index in [1.807, 2.05) is 33.3 Å². The number of amides is 1. The van der Waals surface area contributed by atoms with Crippen LogP contribution in [0.5, 0.6) is 0 Å². The molecule has 0 saturated heterocycles. The molecule has 2 N–H and O–H groups in total. The Balaban J connectivity index is 5.24. The Kier molecular flexibility index (Phi) is 54.0. The molecule has 3 unspecified atom stereocenters. The Bertz CT molecular complexity index is 1640. The molecule has 444 valence electrons. The third-order valence-electron chi connectivity index (χ3n) is 13.5. The van der Waals surface area contributed by atoms with Crippen molar-refractivity contribution < 1.29 is 37.3 Å². The smallest absolute Gasteiger partial charge is 0.456 e. The lowest BCUT2D eigenvalue weighted by molar-refractivity contribution is -0.870. The van der Waals surface area contributed by atoms with Crippen LogP contribution in [0.15, 0.2) is 97.2 Å². The summed E-state index contributed by atoms with van der Waals surface area (Å²) in [6.07, 6.45) is 75.5. The number of hydrogen-bond acceptors (Lipinski definition) is 6. The summed E-state index contributed by atoms with van der Waals surface area (Å²) in [5.74, 6) is -0.543. The second-order valence-corrected chi connectivity index (χ2v) is 23.6. The Labute approximate surface area is 475 Å². The first-order valence-corrected chi connectivity index (χ1v) is 33.1. The third-order valence-corrected chi connectivity index (χ3v) is 14.5. The highest BCUT2D eigenvalue weighted by molar-refractivity contribution is 7.47. The predicted molar refractivity (Wildman–Crippen MR) is 332 cm³/mol. The lowest BCUT2D eigenvalue weighted by Gasteiger charge is -2.27. The maximum absolute atomic E-state index is 13.6. The summed E-state index contributed by atoms with van der Waals surface area (Å²) in [5.41, 5.74) is 0. The average Bonchev–Trinajstić information content (AvgIpc) is 3.39. The van der Waals surface area contributed by atoms with Gasteiger partial charge < -0.3 is 19.4 Å². The molecule has 0 aromatic heterocycles. The number of phosphoric acid groups is 1. The van der Waals surface area contributed by atoms with Crippen molar-refractivity contribution in [1.29, 1.82) is 0 Å². The molecule has 0 heterocycles. The van der Waals surface area contributed by atoms with Crippen LogP contribution >= 0.6 is 7.82 Å². The maximum Gasteiger partial charge on any atom is 0.472 e. The van der Waals surface area contributed by atoms with Crippen molar-refractivity contribution in [3.63, 3.8) is 0 Å². The summed E-state index contributed by atoms with van der Waals surface area (Å²) in [6.45, 7) is 6.87. The normalized spacial score (nSPS) is 14.3. The molecule has 0 radical (unpaired) electrons. The van der Waals surface area contributed by atoms with Crippen molar-refractivity contribution in [2.75, 3.05) is 40.9 Å². The summed E-state index contributed by atoms with van der Waals surface area (Å²) in [7, 11) is 1.47. The minimum absolute atomic E-state index is 0.0308. The minimum atomic E-state index is -4.46. The zero-order valence-corrected chi connectivity index (χ0v) is 51.6. The van der Waals surface area contributed by atoms with Gasteiger partial charge in [0.2, 0.25) is 5.91 Å². The van der Waals surface area contributed by atoms with E-state index in [0.29, 0.717) is 23.9 Å². The first-order chi connectivity index (χ1) is 37.4. The van der Waals surface area contributed by atoms with Gasteiger partial charge in [0.05, 0.1) is 33.8 Å². The zero-order chi connectivity index (χ0) is 56.4. The van der Waals surface area contributed by atoms with Crippen molar-refractivity contribution >= 4 is 19.7 Å². The average molecular weight is 1100 g/mol. The van der Waals surface area contributed by atoms with Gasteiger partial charge in [-0.05, 0) is 109 Å². The fourth-order valence-corrected chi connectivity index (χ4v) is 9.38. The lowest BCUT2D eigenvalue weighted by Crippen LogP contribution is -2.47. The van der Waals surface area contributed by atoms with Crippen molar-refractivity contribution in [1.82, 2.24) is 5.32 Å². The number of hydrogen-bond donors (Lipinski definition) is 2. The third kappa shape index (κ3) is 57.4. The van der Waals surface area contributed by atoms with Crippen LogP contribution in [0.4, 0.5) is 0 Å². The number of likely N-dealkylation sites (N-methyl/N-ethyl adjacent to an activating group) is 1. The van der Waals surface area contributed by atoms with Gasteiger partial charge in [-0.15, -0.1) is 0 Å². The van der Waals surface area contributed by atoms with E-state index in [1.54, 1.807) is 0 Å². The van der Waals surface area contributed by atoms with Crippen LogP contribution < -0.4 is 5.32 Å². The number of allylic oxidation sites excluding steroid dienone is 15. The monoisotopic (exact) mass is 1100 g/mol. The standard InChI is InChI=1S/C67H119N2O7P/c1-7-10-13-16-19-22-25-28-29-30-31-32-33-34-35-36-37-38-39-42-44-47-50-53-56-59-66(70)68-64(63-75-77(72,73)74-62-61-69(4,5)6)65(58-55-52-49-46-43-40-26-23-20-17-14-11-8-2)76-67(71)60-57-54-51-48-45-41-27-24-21-18-15-12-9-3/h10,13,19,22,28-29,31-32,34-35,37-38,41,45,55,58,64-65H,7-9,11-12,14-18,20-21,23-27,30,33,36,39-40,42-44,46-54,56-57,59-63H2,1-6H3,(H-,68,70,72,73)/p+1/b13-10-,22-19-,29-28-,32-31-,35-34-,38-37-,45-41-,58-55-. The fraction of sp³-hybridized carbons (Fsp3) is 0.731. The van der Waals surface area contributed by atoms with E-state index in [-0.39, 0.29) is 31.5 Å². The number of quaternary nitrogens is 1. The molecule has 3 atom stereocenters. The van der Waals surface area contributed by atoms with Crippen LogP contribution in [-0.2, 0) is 27.9 Å². The molecule has 0 aliphatic rings. The van der Waals surface area contributed by atoms with Crippen molar-refractivity contribution in [2.45, 2.75) is 277 Å². The van der Waals surface area contributed by atoms with Crippen molar-refractivity contribution in [3.05, 3.63) is 97.2 Å². The SMILES string of the molecule is CC/C=C\C/C=C\C/C=C\C/C=C\C/C=C\C/C=C\CCCCCCCCC(=O)NC(COP(=O)(O)OCC[N+](C)(C)C)C(/C=C\CCCCCCCCCCCCC)OC(=O)CCCCC/C=C\CCCCCCCC. The molecule has 1 amide bonds. The molecule has 9 nitrogen and oxygen atoms in total. The molecule has 0 spiro atoms. The number of nitrogens with one attached hydrogen (secondary N) is 1. The van der Waals surface area contributed by atoms with E-state index in [1.165, 1.54) is 96.3 Å². The number of phosphoric ester groups is 1. The fourth-order valence-electron chi connectivity index (χ4n) is 8.64. The van der Waals surface area contributed by atoms with Gasteiger partial charge in [0.25, 0.3) is 0 Å². The van der Waals surface area contributed by atoms with Gasteiger partial charge in [-0.2, -0.15) is 0 Å². The summed E-state index contributed by atoms with van der Waals surface area (Å²) in [4.78, 5) is 37.7. The van der Waals surface area contributed by atoms with Crippen LogP contribution in [-0.4, -0.2) is 74.3 Å². The second kappa shape index (κ2) is 56.2. The zero-order valence-electron chi connectivity index (χ0n) is 50.7. The maximum atomic E-state index is 13.6. The van der Waals surface area contributed by atoms with Crippen LogP contribution in [0.1, 0.15) is 265 Å². The first-order valence-electron chi connectivity index (χ1n) is 31.6. The van der Waals surface area contributed by atoms with E-state index in [2.05, 4.69) is 111 Å². The van der Waals surface area contributed by atoms with Gasteiger partial charge >= 0.3 is 13.8 Å². The highest BCUT2D eigenvalue weighted by atomic mass is 31.2. The predicted octanol–water partition coefficient (Wildman–Crippen LogP) is 19.6. The summed E-state index contributed by atoms with van der Waals surface area (Å²) in [5, 5.41) is 3.05. The van der Waals surface area contributed by atoms with E-state index in [0.717, 1.165) is 128 Å². The number of esters is 1. The number of nitrogens with zero attached hydrogens (tertiary/aromatic N) is 1. The number of rotatable bonds is 56. The lowest BCUT2D eigenvalue weighted by atomic mass is 10.0.